The highest BCUT2D eigenvalue weighted by atomic mass is 32.2. The molecule has 4 heterocycles. The van der Waals surface area contributed by atoms with E-state index < -0.39 is 46.9 Å². The van der Waals surface area contributed by atoms with Gasteiger partial charge in [0.1, 0.15) is 17.1 Å². The zero-order valence-electron chi connectivity index (χ0n) is 21.3. The number of β-lactam (4-membered cyclic amide) rings is 1. The molecular weight excluding hydrogens is 615 g/mol. The van der Waals surface area contributed by atoms with E-state index in [1.807, 2.05) is 6.07 Å². The SMILES string of the molecule is CC(N)C(=O)Nc1nc(/C(=N/O)C(=O)NC2C(=O)N3C(C(=O)O)=C(Sc4cccnc4CSCCN)CSC23)ns1. The van der Waals surface area contributed by atoms with Crippen LogP contribution in [0.4, 0.5) is 5.13 Å². The highest BCUT2D eigenvalue weighted by Crippen LogP contribution is 2.45. The molecule has 1 fully saturated rings. The molecule has 0 bridgehead atoms. The molecule has 0 aliphatic carbocycles. The molecule has 3 unspecified atom stereocenters. The number of pyridine rings is 1. The smallest absolute Gasteiger partial charge is 0.353 e. The maximum Gasteiger partial charge on any atom is 0.353 e. The van der Waals surface area contributed by atoms with E-state index >= 15 is 0 Å². The number of hydrogen-bond acceptors (Lipinski definition) is 15. The first-order valence-corrected chi connectivity index (χ1v) is 15.7. The molecular formula is C22H25N9O6S4. The number of anilines is 1. The van der Waals surface area contributed by atoms with Crippen LogP contribution >= 0.6 is 46.8 Å². The van der Waals surface area contributed by atoms with E-state index in [0.29, 0.717) is 17.2 Å². The van der Waals surface area contributed by atoms with E-state index in [2.05, 4.69) is 30.1 Å². The molecule has 19 heteroatoms. The van der Waals surface area contributed by atoms with Crippen LogP contribution in [0.2, 0.25) is 0 Å². The van der Waals surface area contributed by atoms with Gasteiger partial charge in [0.15, 0.2) is 0 Å². The number of hydrogen-bond donors (Lipinski definition) is 6. The summed E-state index contributed by atoms with van der Waals surface area (Å²) in [6.07, 6.45) is 1.66. The summed E-state index contributed by atoms with van der Waals surface area (Å²) in [7, 11) is 0. The Morgan fingerprint density at radius 3 is 2.83 bits per heavy atom. The van der Waals surface area contributed by atoms with Gasteiger partial charge in [-0.25, -0.2) is 4.79 Å². The number of amides is 3. The maximum absolute atomic E-state index is 13.1. The van der Waals surface area contributed by atoms with Crippen molar-refractivity contribution in [1.29, 1.82) is 0 Å². The minimum Gasteiger partial charge on any atom is -0.477 e. The van der Waals surface area contributed by atoms with Gasteiger partial charge in [-0.2, -0.15) is 21.1 Å². The Bertz CT molecular complexity index is 1420. The van der Waals surface area contributed by atoms with Gasteiger partial charge < -0.3 is 27.1 Å². The summed E-state index contributed by atoms with van der Waals surface area (Å²) in [6, 6.07) is 1.71. The van der Waals surface area contributed by atoms with Crippen molar-refractivity contribution in [2.75, 3.05) is 23.4 Å². The molecule has 2 aromatic rings. The van der Waals surface area contributed by atoms with Crippen LogP contribution in [0.3, 0.4) is 0 Å². The van der Waals surface area contributed by atoms with Crippen molar-refractivity contribution in [2.24, 2.45) is 16.6 Å². The van der Waals surface area contributed by atoms with E-state index in [0.717, 1.165) is 32.8 Å². The minimum atomic E-state index is -1.27. The number of nitrogens with two attached hydrogens (primary N) is 2. The molecule has 8 N–H and O–H groups in total. The third kappa shape index (κ3) is 6.81. The third-order valence-corrected chi connectivity index (χ3v) is 9.87. The molecule has 2 aliphatic rings. The molecule has 218 valence electrons. The van der Waals surface area contributed by atoms with Gasteiger partial charge >= 0.3 is 5.97 Å². The summed E-state index contributed by atoms with van der Waals surface area (Å²) in [6.45, 7) is 2.00. The first-order chi connectivity index (χ1) is 19.7. The molecule has 0 saturated carbocycles. The zero-order chi connectivity index (χ0) is 29.7. The second-order valence-corrected chi connectivity index (χ2v) is 12.6. The molecule has 0 spiro atoms. The van der Waals surface area contributed by atoms with E-state index in [1.165, 1.54) is 30.4 Å². The van der Waals surface area contributed by atoms with Gasteiger partial charge in [-0.05, 0) is 19.1 Å². The first-order valence-electron chi connectivity index (χ1n) is 11.9. The number of thioether (sulfide) groups is 3. The normalized spacial score (nSPS) is 19.3. The number of fused-ring (bicyclic) bond motifs is 1. The Labute approximate surface area is 250 Å². The average Bonchev–Trinajstić information content (AvgIpc) is 3.40. The molecule has 2 aliphatic heterocycles. The van der Waals surface area contributed by atoms with Crippen LogP contribution in [0.25, 0.3) is 0 Å². The molecule has 41 heavy (non-hydrogen) atoms. The average molecular weight is 640 g/mol. The monoisotopic (exact) mass is 639 g/mol. The third-order valence-electron chi connectivity index (χ3n) is 5.60. The number of carbonyl (C=O) groups is 4. The highest BCUT2D eigenvalue weighted by molar-refractivity contribution is 8.06. The topological polar surface area (TPSA) is 239 Å². The molecule has 15 nitrogen and oxygen atoms in total. The number of aliphatic carboxylic acids is 1. The second kappa shape index (κ2) is 13.6. The summed E-state index contributed by atoms with van der Waals surface area (Å²) < 4.78 is 3.91. The Balaban J connectivity index is 1.47. The standard InChI is InChI=1S/C22H25N9O6S4/c1-9(24)17(32)28-22-27-16(30-41-22)13(29-37)18(33)26-14-19(34)31-15(21(35)36)12(8-39-20(14)31)40-11-3-2-5-25-10(11)7-38-6-4-23/h2-3,5,9,14,20,37H,4,6-8,23-24H2,1H3,(H,26,33)(H,35,36)(H,27,28,30,32)/b29-13-. The zero-order valence-corrected chi connectivity index (χ0v) is 24.6. The number of carboxylic acid groups (broad SMARTS) is 1. The summed E-state index contributed by atoms with van der Waals surface area (Å²) >= 11 is 4.88. The van der Waals surface area contributed by atoms with Gasteiger partial charge in [-0.1, -0.05) is 16.9 Å². The predicted molar refractivity (Wildman–Crippen MR) is 156 cm³/mol. The fourth-order valence-electron chi connectivity index (χ4n) is 3.67. The van der Waals surface area contributed by atoms with Gasteiger partial charge in [0, 0.05) is 51.3 Å². The Kier molecular flexibility index (Phi) is 10.2. The van der Waals surface area contributed by atoms with Crippen LogP contribution in [0.5, 0.6) is 0 Å². The first kappa shape index (κ1) is 30.7. The summed E-state index contributed by atoms with van der Waals surface area (Å²) in [5.41, 5.74) is 11.1. The van der Waals surface area contributed by atoms with Gasteiger partial charge in [-0.3, -0.25) is 29.6 Å². The molecule has 0 aromatic carbocycles. The Morgan fingerprint density at radius 2 is 2.15 bits per heavy atom. The van der Waals surface area contributed by atoms with Crippen LogP contribution < -0.4 is 22.1 Å². The lowest BCUT2D eigenvalue weighted by Gasteiger charge is -2.49. The van der Waals surface area contributed by atoms with Crippen molar-refractivity contribution in [1.82, 2.24) is 24.6 Å². The van der Waals surface area contributed by atoms with E-state index in [9.17, 15) is 29.5 Å². The van der Waals surface area contributed by atoms with Gasteiger partial charge in [0.2, 0.25) is 22.6 Å². The molecule has 4 rings (SSSR count). The van der Waals surface area contributed by atoms with Gasteiger partial charge in [-0.15, -0.1) is 11.8 Å². The van der Waals surface area contributed by atoms with Crippen molar-refractivity contribution in [3.63, 3.8) is 0 Å². The van der Waals surface area contributed by atoms with Crippen molar-refractivity contribution in [3.8, 4) is 0 Å². The molecule has 2 aromatic heterocycles. The predicted octanol–water partition coefficient (Wildman–Crippen LogP) is 0.0774. The van der Waals surface area contributed by atoms with Gasteiger partial charge in [0.25, 0.3) is 11.8 Å². The van der Waals surface area contributed by atoms with E-state index in [1.54, 1.807) is 24.0 Å². The quantitative estimate of drug-likeness (QED) is 0.0593. The number of rotatable bonds is 12. The number of carbonyl (C=O) groups excluding carboxylic acids is 3. The van der Waals surface area contributed by atoms with Crippen LogP contribution in [0.1, 0.15) is 18.4 Å². The number of oxime groups is 1. The van der Waals surface area contributed by atoms with Crippen LogP contribution in [-0.4, -0.2) is 94.5 Å². The number of carboxylic acids is 1. The lowest BCUT2D eigenvalue weighted by Crippen LogP contribution is -2.71. The summed E-state index contributed by atoms with van der Waals surface area (Å²) in [5.74, 6) is -2.04. The molecule has 1 saturated heterocycles. The lowest BCUT2D eigenvalue weighted by molar-refractivity contribution is -0.150. The van der Waals surface area contributed by atoms with Crippen molar-refractivity contribution >= 4 is 81.4 Å². The van der Waals surface area contributed by atoms with Crippen molar-refractivity contribution < 1.29 is 29.5 Å². The Hall–Kier alpha value is -3.23. The van der Waals surface area contributed by atoms with Crippen molar-refractivity contribution in [2.45, 2.75) is 35.0 Å². The van der Waals surface area contributed by atoms with Crippen molar-refractivity contribution in [3.05, 3.63) is 40.5 Å². The molecule has 3 atom stereocenters. The minimum absolute atomic E-state index is 0.0287. The number of nitrogens with zero attached hydrogens (tertiary/aromatic N) is 5. The van der Waals surface area contributed by atoms with E-state index in [4.69, 9.17) is 11.5 Å². The number of nitrogens with one attached hydrogen (secondary N) is 2. The Morgan fingerprint density at radius 1 is 1.37 bits per heavy atom. The van der Waals surface area contributed by atoms with Gasteiger partial charge in [0.05, 0.1) is 11.7 Å². The lowest BCUT2D eigenvalue weighted by atomic mass is 10.0. The van der Waals surface area contributed by atoms with Crippen LogP contribution in [0.15, 0.2) is 39.0 Å². The van der Waals surface area contributed by atoms with Crippen LogP contribution in [-0.2, 0) is 24.9 Å². The number of aromatic nitrogens is 3. The fourth-order valence-corrected chi connectivity index (χ4v) is 7.64. The summed E-state index contributed by atoms with van der Waals surface area (Å²) in [4.78, 5) is 60.8. The maximum atomic E-state index is 13.1. The van der Waals surface area contributed by atoms with E-state index in [-0.39, 0.29) is 22.4 Å². The molecule has 0 radical (unpaired) electrons. The van der Waals surface area contributed by atoms with Crippen LogP contribution in [0, 0.1) is 0 Å². The second-order valence-electron chi connectivity index (χ2n) is 8.48. The fraction of sp³-hybridized carbons (Fsp3) is 0.364. The largest absolute Gasteiger partial charge is 0.477 e. The summed E-state index contributed by atoms with van der Waals surface area (Å²) in [5, 5.41) is 26.6. The molecule has 3 amide bonds. The highest BCUT2D eigenvalue weighted by Gasteiger charge is 2.54.